The van der Waals surface area contributed by atoms with Gasteiger partial charge in [0.15, 0.2) is 5.58 Å². The maximum atomic E-state index is 12.4. The first-order valence-corrected chi connectivity index (χ1v) is 11.2. The van der Waals surface area contributed by atoms with E-state index in [1.807, 2.05) is 37.3 Å². The molecule has 0 radical (unpaired) electrons. The van der Waals surface area contributed by atoms with E-state index in [2.05, 4.69) is 10.3 Å². The van der Waals surface area contributed by atoms with Crippen LogP contribution in [0.4, 0.5) is 5.69 Å². The van der Waals surface area contributed by atoms with Crippen molar-refractivity contribution in [3.63, 3.8) is 0 Å². The second-order valence-corrected chi connectivity index (χ2v) is 8.43. The average Bonchev–Trinajstić information content (AvgIpc) is 3.46. The Morgan fingerprint density at radius 3 is 2.62 bits per heavy atom. The number of anilines is 1. The number of benzene rings is 3. The molecule has 5 aromatic rings. The van der Waals surface area contributed by atoms with Crippen molar-refractivity contribution in [1.29, 1.82) is 0 Å². The van der Waals surface area contributed by atoms with Gasteiger partial charge in [0.25, 0.3) is 0 Å². The van der Waals surface area contributed by atoms with E-state index in [9.17, 15) is 4.79 Å². The number of rotatable bonds is 5. The molecule has 3 aromatic carbocycles. The van der Waals surface area contributed by atoms with E-state index in [-0.39, 0.29) is 5.91 Å². The molecule has 1 amide bonds. The summed E-state index contributed by atoms with van der Waals surface area (Å²) in [4.78, 5) is 17.0. The number of carbonyl (C=O) groups excluding carboxylic acids is 1. The molecule has 34 heavy (non-hydrogen) atoms. The number of carbonyl (C=O) groups is 1. The fraction of sp³-hybridized carbons (Fsp3) is 0.0370. The minimum Gasteiger partial charge on any atom is -0.457 e. The van der Waals surface area contributed by atoms with Gasteiger partial charge >= 0.3 is 0 Å². The molecule has 2 heterocycles. The van der Waals surface area contributed by atoms with Gasteiger partial charge in [-0.25, -0.2) is 4.98 Å². The molecular weight excluding hydrogens is 471 g/mol. The Balaban J connectivity index is 1.30. The summed E-state index contributed by atoms with van der Waals surface area (Å²) in [5.74, 6) is 1.31. The molecule has 7 heteroatoms. The molecule has 0 aliphatic heterocycles. The number of nitrogens with zero attached hydrogens (tertiary/aromatic N) is 1. The molecule has 168 valence electrons. The molecule has 0 bridgehead atoms. The van der Waals surface area contributed by atoms with Crippen LogP contribution in [0.5, 0.6) is 0 Å². The molecule has 1 N–H and O–H groups in total. The lowest BCUT2D eigenvalue weighted by atomic mass is 10.1. The third-order valence-electron chi connectivity index (χ3n) is 5.27. The molecule has 0 fully saturated rings. The van der Waals surface area contributed by atoms with Crippen LogP contribution in [-0.4, -0.2) is 10.9 Å². The van der Waals surface area contributed by atoms with E-state index in [1.54, 1.807) is 48.5 Å². The third-order valence-corrected chi connectivity index (χ3v) is 6.09. The van der Waals surface area contributed by atoms with E-state index in [0.29, 0.717) is 49.8 Å². The number of furan rings is 1. The van der Waals surface area contributed by atoms with Gasteiger partial charge in [-0.05, 0) is 67.1 Å². The van der Waals surface area contributed by atoms with Crippen LogP contribution in [0, 0.1) is 6.92 Å². The van der Waals surface area contributed by atoms with Crippen molar-refractivity contribution in [2.75, 3.05) is 5.32 Å². The zero-order valence-corrected chi connectivity index (χ0v) is 19.5. The molecular formula is C27H18Cl2N2O3. The first-order chi connectivity index (χ1) is 16.5. The van der Waals surface area contributed by atoms with Crippen LogP contribution in [0.1, 0.15) is 11.3 Å². The predicted molar refractivity (Wildman–Crippen MR) is 136 cm³/mol. The molecule has 0 atom stereocenters. The van der Waals surface area contributed by atoms with Crippen molar-refractivity contribution in [1.82, 2.24) is 4.98 Å². The van der Waals surface area contributed by atoms with Crippen LogP contribution < -0.4 is 5.32 Å². The van der Waals surface area contributed by atoms with Gasteiger partial charge in [0, 0.05) is 22.9 Å². The maximum Gasteiger partial charge on any atom is 0.248 e. The number of oxazole rings is 1. The molecule has 5 nitrogen and oxygen atoms in total. The summed E-state index contributed by atoms with van der Waals surface area (Å²) in [6.45, 7) is 2.01. The normalized spacial score (nSPS) is 11.4. The summed E-state index contributed by atoms with van der Waals surface area (Å²) < 4.78 is 11.7. The quantitative estimate of drug-likeness (QED) is 0.254. The minimum atomic E-state index is -0.305. The lowest BCUT2D eigenvalue weighted by molar-refractivity contribution is -0.111. The van der Waals surface area contributed by atoms with Gasteiger partial charge in [-0.15, -0.1) is 0 Å². The maximum absolute atomic E-state index is 12.4. The van der Waals surface area contributed by atoms with Crippen LogP contribution in [0.15, 0.2) is 87.7 Å². The minimum absolute atomic E-state index is 0.305. The topological polar surface area (TPSA) is 68.3 Å². The smallest absolute Gasteiger partial charge is 0.248 e. The lowest BCUT2D eigenvalue weighted by Crippen LogP contribution is -2.07. The number of halogens is 2. The van der Waals surface area contributed by atoms with E-state index in [4.69, 9.17) is 32.0 Å². The molecule has 0 unspecified atom stereocenters. The van der Waals surface area contributed by atoms with Gasteiger partial charge in [-0.1, -0.05) is 47.5 Å². The van der Waals surface area contributed by atoms with Crippen molar-refractivity contribution in [3.8, 4) is 22.8 Å². The third kappa shape index (κ3) is 4.49. The SMILES string of the molecule is Cc1ccccc1-c1nc2cc(NC(=O)C=Cc3ccc(-c4cccc(Cl)c4Cl)o3)ccc2o1. The molecule has 0 aliphatic rings. The number of hydrogen-bond donors (Lipinski definition) is 1. The summed E-state index contributed by atoms with van der Waals surface area (Å²) in [5.41, 5.74) is 4.61. The Morgan fingerprint density at radius 1 is 0.941 bits per heavy atom. The van der Waals surface area contributed by atoms with E-state index >= 15 is 0 Å². The molecule has 0 aliphatic carbocycles. The zero-order valence-electron chi connectivity index (χ0n) is 18.0. The molecule has 5 rings (SSSR count). The number of nitrogens with one attached hydrogen (secondary N) is 1. The van der Waals surface area contributed by atoms with Gasteiger partial charge in [-0.2, -0.15) is 0 Å². The number of amides is 1. The highest BCUT2D eigenvalue weighted by atomic mass is 35.5. The number of fused-ring (bicyclic) bond motifs is 1. The highest BCUT2D eigenvalue weighted by Gasteiger charge is 2.12. The highest BCUT2D eigenvalue weighted by molar-refractivity contribution is 6.43. The van der Waals surface area contributed by atoms with Crippen LogP contribution in [-0.2, 0) is 4.79 Å². The number of hydrogen-bond acceptors (Lipinski definition) is 4. The Kier molecular flexibility index (Phi) is 5.97. The zero-order chi connectivity index (χ0) is 23.7. The lowest BCUT2D eigenvalue weighted by Gasteiger charge is -2.02. The van der Waals surface area contributed by atoms with Crippen LogP contribution in [0.25, 0.3) is 40.0 Å². The Labute approximate surface area is 205 Å². The Hall–Kier alpha value is -3.80. The van der Waals surface area contributed by atoms with Gasteiger partial charge in [0.1, 0.15) is 17.0 Å². The van der Waals surface area contributed by atoms with Gasteiger partial charge in [0.05, 0.1) is 10.0 Å². The number of aryl methyl sites for hydroxylation is 1. The second kappa shape index (κ2) is 9.21. The summed E-state index contributed by atoms with van der Waals surface area (Å²) in [6.07, 6.45) is 2.98. The van der Waals surface area contributed by atoms with E-state index in [1.165, 1.54) is 6.08 Å². The predicted octanol–water partition coefficient (Wildman–Crippen LogP) is 8.02. The largest absolute Gasteiger partial charge is 0.457 e. The van der Waals surface area contributed by atoms with Gasteiger partial charge in [-0.3, -0.25) is 4.79 Å². The summed E-state index contributed by atoms with van der Waals surface area (Å²) >= 11 is 12.3. The fourth-order valence-electron chi connectivity index (χ4n) is 3.56. The van der Waals surface area contributed by atoms with E-state index < -0.39 is 0 Å². The van der Waals surface area contributed by atoms with Crippen LogP contribution in [0.3, 0.4) is 0 Å². The molecule has 0 saturated carbocycles. The summed E-state index contributed by atoms with van der Waals surface area (Å²) in [6, 6.07) is 22.1. The molecule has 0 spiro atoms. The fourth-order valence-corrected chi connectivity index (χ4v) is 3.95. The average molecular weight is 489 g/mol. The van der Waals surface area contributed by atoms with Crippen molar-refractivity contribution < 1.29 is 13.6 Å². The second-order valence-electron chi connectivity index (χ2n) is 7.64. The highest BCUT2D eigenvalue weighted by Crippen LogP contribution is 2.34. The van der Waals surface area contributed by atoms with Crippen LogP contribution >= 0.6 is 23.2 Å². The van der Waals surface area contributed by atoms with Gasteiger partial charge in [0.2, 0.25) is 11.8 Å². The Bertz CT molecular complexity index is 1550. The molecule has 0 saturated heterocycles. The van der Waals surface area contributed by atoms with Crippen molar-refractivity contribution in [3.05, 3.63) is 100 Å². The Morgan fingerprint density at radius 2 is 1.76 bits per heavy atom. The monoisotopic (exact) mass is 488 g/mol. The van der Waals surface area contributed by atoms with Crippen molar-refractivity contribution in [2.24, 2.45) is 0 Å². The van der Waals surface area contributed by atoms with Gasteiger partial charge < -0.3 is 14.2 Å². The molecule has 2 aromatic heterocycles. The standard InChI is InChI=1S/C27H18Cl2N2O3/c1-16-5-2-3-6-19(16)27-31-22-15-17(9-12-24(22)34-27)30-25(32)14-11-18-10-13-23(33-18)20-7-4-8-21(28)26(20)29/h2-15H,1H3,(H,30,32). The van der Waals surface area contributed by atoms with Crippen molar-refractivity contribution >= 4 is 52.0 Å². The van der Waals surface area contributed by atoms with Crippen LogP contribution in [0.2, 0.25) is 10.0 Å². The summed E-state index contributed by atoms with van der Waals surface area (Å²) in [7, 11) is 0. The first kappa shape index (κ1) is 22.0. The van der Waals surface area contributed by atoms with Crippen molar-refractivity contribution in [2.45, 2.75) is 6.92 Å². The summed E-state index contributed by atoms with van der Waals surface area (Å²) in [5, 5.41) is 3.70. The number of aromatic nitrogens is 1. The first-order valence-electron chi connectivity index (χ1n) is 10.5. The van der Waals surface area contributed by atoms with E-state index in [0.717, 1.165) is 11.1 Å².